The highest BCUT2D eigenvalue weighted by Gasteiger charge is 2.07. The van der Waals surface area contributed by atoms with E-state index in [0.29, 0.717) is 21.3 Å². The molecule has 0 N–H and O–H groups in total. The van der Waals surface area contributed by atoms with Gasteiger partial charge in [0.2, 0.25) is 0 Å². The first kappa shape index (κ1) is 14.1. The van der Waals surface area contributed by atoms with Gasteiger partial charge < -0.3 is 4.57 Å². The highest BCUT2D eigenvalue weighted by molar-refractivity contribution is 9.11. The van der Waals surface area contributed by atoms with Gasteiger partial charge in [0.15, 0.2) is 0 Å². The van der Waals surface area contributed by atoms with Gasteiger partial charge in [0.05, 0.1) is 11.0 Å². The van der Waals surface area contributed by atoms with Crippen LogP contribution in [0.2, 0.25) is 10.3 Å². The van der Waals surface area contributed by atoms with Crippen molar-refractivity contribution in [2.75, 3.05) is 0 Å². The van der Waals surface area contributed by atoms with Gasteiger partial charge in [-0.2, -0.15) is 0 Å². The molecule has 0 amide bonds. The smallest absolute Gasteiger partial charge is 0.265 e. The molecular formula is C11H6Br2Cl2N2O. The number of aromatic nitrogens is 2. The van der Waals surface area contributed by atoms with Gasteiger partial charge in [-0.25, -0.2) is 4.98 Å². The molecule has 2 heterocycles. The molecule has 2 rings (SSSR count). The molecule has 0 fully saturated rings. The predicted molar refractivity (Wildman–Crippen MR) is 79.5 cm³/mol. The Balaban J connectivity index is 2.43. The largest absolute Gasteiger partial charge is 0.309 e. The highest BCUT2D eigenvalue weighted by Crippen LogP contribution is 2.19. The number of nitrogens with zero attached hydrogens (tertiary/aromatic N) is 2. The molecule has 0 spiro atoms. The Kier molecular flexibility index (Phi) is 4.48. The molecule has 18 heavy (non-hydrogen) atoms. The third kappa shape index (κ3) is 3.15. The zero-order valence-corrected chi connectivity index (χ0v) is 13.5. The number of hydrogen-bond donors (Lipinski definition) is 0. The number of pyridine rings is 2. The molecule has 0 aliphatic carbocycles. The summed E-state index contributed by atoms with van der Waals surface area (Å²) < 4.78 is 2.81. The van der Waals surface area contributed by atoms with Crippen LogP contribution in [0.15, 0.2) is 38.1 Å². The molecule has 0 aliphatic heterocycles. The van der Waals surface area contributed by atoms with Crippen LogP contribution in [-0.4, -0.2) is 9.55 Å². The van der Waals surface area contributed by atoms with E-state index in [1.165, 1.54) is 4.57 Å². The van der Waals surface area contributed by atoms with Crippen LogP contribution >= 0.6 is 55.1 Å². The molecule has 94 valence electrons. The maximum absolute atomic E-state index is 11.9. The molecule has 0 aliphatic rings. The zero-order chi connectivity index (χ0) is 13.3. The Labute approximate surface area is 130 Å². The Morgan fingerprint density at radius 2 is 2.00 bits per heavy atom. The molecule has 2 aromatic rings. The summed E-state index contributed by atoms with van der Waals surface area (Å²) in [5.41, 5.74) is 0.595. The van der Waals surface area contributed by atoms with Gasteiger partial charge in [0, 0.05) is 16.2 Å². The van der Waals surface area contributed by atoms with E-state index in [9.17, 15) is 4.79 Å². The van der Waals surface area contributed by atoms with E-state index < -0.39 is 0 Å². The summed E-state index contributed by atoms with van der Waals surface area (Å²) in [7, 11) is 0. The molecule has 2 aromatic heterocycles. The lowest BCUT2D eigenvalue weighted by Gasteiger charge is -2.08. The maximum atomic E-state index is 11.9. The Morgan fingerprint density at radius 1 is 1.28 bits per heavy atom. The summed E-state index contributed by atoms with van der Waals surface area (Å²) >= 11 is 18.2. The monoisotopic (exact) mass is 410 g/mol. The quantitative estimate of drug-likeness (QED) is 0.695. The summed E-state index contributed by atoms with van der Waals surface area (Å²) in [5.74, 6) is 0. The molecule has 0 radical (unpaired) electrons. The van der Waals surface area contributed by atoms with Gasteiger partial charge in [-0.05, 0) is 44.0 Å². The second-order valence-corrected chi connectivity index (χ2v) is 6.04. The fourth-order valence-electron chi connectivity index (χ4n) is 1.42. The summed E-state index contributed by atoms with van der Waals surface area (Å²) in [4.78, 5) is 15.8. The van der Waals surface area contributed by atoms with Crippen LogP contribution in [0.5, 0.6) is 0 Å². The summed E-state index contributed by atoms with van der Waals surface area (Å²) in [6.45, 7) is 0.333. The molecule has 0 bridgehead atoms. The Bertz CT molecular complexity index is 658. The summed E-state index contributed by atoms with van der Waals surface area (Å²) in [5, 5.41) is 0.622. The van der Waals surface area contributed by atoms with E-state index in [-0.39, 0.29) is 5.56 Å². The average Bonchev–Trinajstić information content (AvgIpc) is 2.29. The summed E-state index contributed by atoms with van der Waals surface area (Å²) in [6, 6.07) is 5.08. The van der Waals surface area contributed by atoms with Gasteiger partial charge in [0.1, 0.15) is 10.3 Å². The standard InChI is InChI=1S/C11H6Br2Cl2N2O/c12-7-3-8(13)11(18)17(5-7)4-6-1-2-9(14)16-10(6)15/h1-3,5H,4H2. The van der Waals surface area contributed by atoms with Gasteiger partial charge >= 0.3 is 0 Å². The van der Waals surface area contributed by atoms with Crippen LogP contribution < -0.4 is 5.56 Å². The minimum absolute atomic E-state index is 0.135. The van der Waals surface area contributed by atoms with Gasteiger partial charge in [-0.15, -0.1) is 0 Å². The van der Waals surface area contributed by atoms with Crippen molar-refractivity contribution in [3.63, 3.8) is 0 Å². The molecular weight excluding hydrogens is 407 g/mol. The van der Waals surface area contributed by atoms with Crippen LogP contribution in [-0.2, 0) is 6.54 Å². The first-order valence-corrected chi connectivity index (χ1v) is 7.18. The maximum Gasteiger partial charge on any atom is 0.265 e. The lowest BCUT2D eigenvalue weighted by Crippen LogP contribution is -2.20. The zero-order valence-electron chi connectivity index (χ0n) is 8.83. The van der Waals surface area contributed by atoms with Crippen molar-refractivity contribution in [2.24, 2.45) is 0 Å². The average molecular weight is 413 g/mol. The normalized spacial score (nSPS) is 10.7. The molecule has 3 nitrogen and oxygen atoms in total. The van der Waals surface area contributed by atoms with Crippen LogP contribution in [0.1, 0.15) is 5.56 Å². The van der Waals surface area contributed by atoms with Gasteiger partial charge in [-0.3, -0.25) is 4.79 Å². The highest BCUT2D eigenvalue weighted by atomic mass is 79.9. The van der Waals surface area contributed by atoms with E-state index in [1.54, 1.807) is 24.4 Å². The minimum Gasteiger partial charge on any atom is -0.309 e. The number of halogens is 4. The molecule has 0 atom stereocenters. The SMILES string of the molecule is O=c1c(Br)cc(Br)cn1Cc1ccc(Cl)nc1Cl. The fraction of sp³-hybridized carbons (Fsp3) is 0.0909. The van der Waals surface area contributed by atoms with E-state index >= 15 is 0 Å². The van der Waals surface area contributed by atoms with Crippen LogP contribution in [0.4, 0.5) is 0 Å². The lowest BCUT2D eigenvalue weighted by molar-refractivity contribution is 0.749. The van der Waals surface area contributed by atoms with Crippen molar-refractivity contribution in [1.82, 2.24) is 9.55 Å². The van der Waals surface area contributed by atoms with Crippen LogP contribution in [0, 0.1) is 0 Å². The van der Waals surface area contributed by atoms with Crippen molar-refractivity contribution in [1.29, 1.82) is 0 Å². The molecule has 0 saturated heterocycles. The van der Waals surface area contributed by atoms with Crippen molar-refractivity contribution in [3.05, 3.63) is 59.6 Å². The van der Waals surface area contributed by atoms with Crippen molar-refractivity contribution < 1.29 is 0 Å². The number of hydrogen-bond acceptors (Lipinski definition) is 2. The van der Waals surface area contributed by atoms with Gasteiger partial charge in [-0.1, -0.05) is 29.3 Å². The second-order valence-electron chi connectivity index (χ2n) is 3.52. The molecule has 0 aromatic carbocycles. The van der Waals surface area contributed by atoms with E-state index in [0.717, 1.165) is 10.0 Å². The fourth-order valence-corrected chi connectivity index (χ4v) is 3.09. The van der Waals surface area contributed by atoms with Crippen molar-refractivity contribution in [2.45, 2.75) is 6.54 Å². The topological polar surface area (TPSA) is 34.9 Å². The predicted octanol–water partition coefficient (Wildman–Crippen LogP) is 4.12. The first-order chi connectivity index (χ1) is 8.47. The van der Waals surface area contributed by atoms with Crippen molar-refractivity contribution in [3.8, 4) is 0 Å². The second kappa shape index (κ2) is 5.74. The van der Waals surface area contributed by atoms with E-state index in [4.69, 9.17) is 23.2 Å². The first-order valence-electron chi connectivity index (χ1n) is 4.84. The third-order valence-electron chi connectivity index (χ3n) is 2.24. The number of rotatable bonds is 2. The van der Waals surface area contributed by atoms with Gasteiger partial charge in [0.25, 0.3) is 5.56 Å². The Hall–Kier alpha value is -0.360. The molecule has 7 heteroatoms. The molecule has 0 saturated carbocycles. The van der Waals surface area contributed by atoms with E-state index in [2.05, 4.69) is 36.8 Å². The Morgan fingerprint density at radius 3 is 2.67 bits per heavy atom. The van der Waals surface area contributed by atoms with Crippen LogP contribution in [0.25, 0.3) is 0 Å². The minimum atomic E-state index is -0.135. The van der Waals surface area contributed by atoms with Crippen LogP contribution in [0.3, 0.4) is 0 Å². The van der Waals surface area contributed by atoms with E-state index in [1.807, 2.05) is 0 Å². The molecule has 0 unspecified atom stereocenters. The lowest BCUT2D eigenvalue weighted by atomic mass is 10.3. The summed E-state index contributed by atoms with van der Waals surface area (Å²) in [6.07, 6.45) is 1.69. The van der Waals surface area contributed by atoms with Crippen molar-refractivity contribution >= 4 is 55.1 Å². The third-order valence-corrected chi connectivity index (χ3v) is 3.78.